The molecule has 1 heterocycles. The third kappa shape index (κ3) is 4.78. The summed E-state index contributed by atoms with van der Waals surface area (Å²) in [5.41, 5.74) is 0.300. The fourth-order valence-electron chi connectivity index (χ4n) is 3.60. The van der Waals surface area contributed by atoms with Gasteiger partial charge in [-0.25, -0.2) is 0 Å². The molecule has 0 bridgehead atoms. The van der Waals surface area contributed by atoms with E-state index in [2.05, 4.69) is 0 Å². The van der Waals surface area contributed by atoms with E-state index in [1.807, 2.05) is 26.8 Å². The summed E-state index contributed by atoms with van der Waals surface area (Å²) in [5.74, 6) is -0.887. The second kappa shape index (κ2) is 8.11. The van der Waals surface area contributed by atoms with E-state index in [1.54, 1.807) is 6.92 Å². The molecule has 0 spiro atoms. The van der Waals surface area contributed by atoms with Gasteiger partial charge in [0.1, 0.15) is 18.0 Å². The second-order valence-corrected chi connectivity index (χ2v) is 8.19. The van der Waals surface area contributed by atoms with Crippen LogP contribution in [0.4, 0.5) is 0 Å². The van der Waals surface area contributed by atoms with E-state index < -0.39 is 6.10 Å². The van der Waals surface area contributed by atoms with Crippen LogP contribution in [0.25, 0.3) is 0 Å². The summed E-state index contributed by atoms with van der Waals surface area (Å²) >= 11 is 0. The van der Waals surface area contributed by atoms with Gasteiger partial charge in [-0.3, -0.25) is 9.59 Å². The highest BCUT2D eigenvalue weighted by molar-refractivity contribution is 5.99. The molecule has 5 heteroatoms. The van der Waals surface area contributed by atoms with Crippen LogP contribution in [0.3, 0.4) is 0 Å². The van der Waals surface area contributed by atoms with Gasteiger partial charge in [0.25, 0.3) is 0 Å². The summed E-state index contributed by atoms with van der Waals surface area (Å²) in [7, 11) is 0. The highest BCUT2D eigenvalue weighted by Gasteiger charge is 2.50. The summed E-state index contributed by atoms with van der Waals surface area (Å²) in [6, 6.07) is 0. The average molecular weight is 352 g/mol. The lowest BCUT2D eigenvalue weighted by atomic mass is 9.84. The Kier molecular flexibility index (Phi) is 6.57. The number of fused-ring (bicyclic) bond motifs is 1. The third-order valence-electron chi connectivity index (χ3n) is 5.73. The molecule has 1 aliphatic carbocycles. The van der Waals surface area contributed by atoms with Gasteiger partial charge in [-0.05, 0) is 56.1 Å². The Morgan fingerprint density at radius 2 is 2.00 bits per heavy atom. The molecule has 1 aliphatic heterocycles. The second-order valence-electron chi connectivity index (χ2n) is 8.19. The van der Waals surface area contributed by atoms with Crippen molar-refractivity contribution in [2.24, 2.45) is 17.8 Å². The minimum Gasteiger partial charge on any atom is -0.396 e. The Morgan fingerprint density at radius 1 is 1.32 bits per heavy atom. The first-order chi connectivity index (χ1) is 11.7. The number of rotatable bonds is 2. The van der Waals surface area contributed by atoms with Crippen LogP contribution in [-0.4, -0.2) is 46.2 Å². The fourth-order valence-corrected chi connectivity index (χ4v) is 3.60. The predicted molar refractivity (Wildman–Crippen MR) is 95.0 cm³/mol. The molecule has 2 N–H and O–H groups in total. The maximum absolute atomic E-state index is 12.7. The zero-order valence-electron chi connectivity index (χ0n) is 15.8. The van der Waals surface area contributed by atoms with Crippen LogP contribution < -0.4 is 0 Å². The molecule has 25 heavy (non-hydrogen) atoms. The van der Waals surface area contributed by atoms with Crippen LogP contribution in [0.2, 0.25) is 0 Å². The van der Waals surface area contributed by atoms with Crippen molar-refractivity contribution < 1.29 is 24.5 Å². The maximum Gasteiger partial charge on any atom is 0.187 e. The smallest absolute Gasteiger partial charge is 0.187 e. The highest BCUT2D eigenvalue weighted by Crippen LogP contribution is 2.43. The monoisotopic (exact) mass is 352 g/mol. The molecule has 5 nitrogen and oxygen atoms in total. The third-order valence-corrected chi connectivity index (χ3v) is 5.73. The number of hydrogen-bond donors (Lipinski definition) is 2. The van der Waals surface area contributed by atoms with Gasteiger partial charge in [0.05, 0.1) is 12.2 Å². The van der Waals surface area contributed by atoms with Crippen LogP contribution in [0.15, 0.2) is 11.6 Å². The first-order valence-electron chi connectivity index (χ1n) is 9.45. The zero-order valence-corrected chi connectivity index (χ0v) is 15.8. The number of aliphatic hydroxyl groups excluding tert-OH is 2. The number of carbonyl (C=O) groups excluding carboxylic acids is 2. The van der Waals surface area contributed by atoms with Crippen molar-refractivity contribution in [2.75, 3.05) is 6.61 Å². The van der Waals surface area contributed by atoms with Crippen LogP contribution in [0.5, 0.6) is 0 Å². The summed E-state index contributed by atoms with van der Waals surface area (Å²) in [4.78, 5) is 25.1. The average Bonchev–Trinajstić information content (AvgIpc) is 3.21. The van der Waals surface area contributed by atoms with E-state index in [9.17, 15) is 19.8 Å². The summed E-state index contributed by atoms with van der Waals surface area (Å²) in [6.07, 6.45) is 3.63. The number of carbonyl (C=O) groups is 2. The summed E-state index contributed by atoms with van der Waals surface area (Å²) < 4.78 is 5.81. The van der Waals surface area contributed by atoms with Crippen molar-refractivity contribution in [3.63, 3.8) is 0 Å². The molecule has 142 valence electrons. The topological polar surface area (TPSA) is 87.1 Å². The molecule has 2 aliphatic rings. The summed E-state index contributed by atoms with van der Waals surface area (Å²) in [5, 5.41) is 20.0. The van der Waals surface area contributed by atoms with Gasteiger partial charge in [0.15, 0.2) is 5.78 Å². The zero-order chi connectivity index (χ0) is 18.8. The molecule has 0 aromatic rings. The summed E-state index contributed by atoms with van der Waals surface area (Å²) in [6.45, 7) is 7.55. The van der Waals surface area contributed by atoms with E-state index in [1.165, 1.54) is 0 Å². The Bertz CT molecular complexity index is 538. The molecule has 1 saturated heterocycles. The number of Topliss-reactive ketones (excluding diaryl/α,β-unsaturated/α-hetero) is 2. The number of hydrogen-bond acceptors (Lipinski definition) is 5. The molecule has 0 amide bonds. The van der Waals surface area contributed by atoms with Crippen molar-refractivity contribution in [3.8, 4) is 0 Å². The van der Waals surface area contributed by atoms with E-state index in [0.29, 0.717) is 18.4 Å². The fraction of sp³-hybridized carbons (Fsp3) is 0.800. The highest BCUT2D eigenvalue weighted by atomic mass is 16.6. The van der Waals surface area contributed by atoms with Gasteiger partial charge in [-0.2, -0.15) is 0 Å². The van der Waals surface area contributed by atoms with E-state index in [-0.39, 0.29) is 54.1 Å². The lowest BCUT2D eigenvalue weighted by Crippen LogP contribution is -2.32. The van der Waals surface area contributed by atoms with Crippen molar-refractivity contribution in [2.45, 2.75) is 77.6 Å². The van der Waals surface area contributed by atoms with E-state index in [0.717, 1.165) is 12.8 Å². The lowest BCUT2D eigenvalue weighted by Gasteiger charge is -2.22. The van der Waals surface area contributed by atoms with Crippen molar-refractivity contribution in [3.05, 3.63) is 11.6 Å². The Hall–Kier alpha value is -1.04. The Labute approximate surface area is 150 Å². The largest absolute Gasteiger partial charge is 0.396 e. The van der Waals surface area contributed by atoms with Gasteiger partial charge in [0, 0.05) is 12.3 Å². The van der Waals surface area contributed by atoms with Crippen LogP contribution in [0, 0.1) is 17.8 Å². The molecule has 0 unspecified atom stereocenters. The van der Waals surface area contributed by atoms with Crippen LogP contribution in [-0.2, 0) is 14.3 Å². The van der Waals surface area contributed by atoms with Gasteiger partial charge in [-0.15, -0.1) is 0 Å². The van der Waals surface area contributed by atoms with Crippen molar-refractivity contribution in [1.29, 1.82) is 0 Å². The molecular weight excluding hydrogens is 320 g/mol. The van der Waals surface area contributed by atoms with Crippen molar-refractivity contribution >= 4 is 11.6 Å². The molecule has 0 radical (unpaired) electrons. The molecule has 2 rings (SSSR count). The molecule has 0 aromatic heterocycles. The van der Waals surface area contributed by atoms with Crippen LogP contribution >= 0.6 is 0 Å². The Morgan fingerprint density at radius 3 is 2.60 bits per heavy atom. The lowest BCUT2D eigenvalue weighted by molar-refractivity contribution is -0.128. The molecule has 1 fully saturated rings. The predicted octanol–water partition coefficient (Wildman–Crippen LogP) is 2.43. The van der Waals surface area contributed by atoms with Gasteiger partial charge in [-0.1, -0.05) is 20.8 Å². The molecule has 0 saturated carbocycles. The first-order valence-corrected chi connectivity index (χ1v) is 9.45. The van der Waals surface area contributed by atoms with E-state index >= 15 is 0 Å². The minimum atomic E-state index is -1.11. The minimum absolute atomic E-state index is 0.0103. The number of ether oxygens (including phenoxy) is 1. The number of aliphatic hydroxyl groups is 2. The quantitative estimate of drug-likeness (QED) is 0.745. The number of epoxide rings is 1. The Balaban J connectivity index is 2.24. The van der Waals surface area contributed by atoms with Crippen LogP contribution in [0.1, 0.15) is 59.8 Å². The van der Waals surface area contributed by atoms with Crippen molar-refractivity contribution in [1.82, 2.24) is 0 Å². The van der Waals surface area contributed by atoms with E-state index in [4.69, 9.17) is 4.74 Å². The van der Waals surface area contributed by atoms with Gasteiger partial charge in [0.2, 0.25) is 0 Å². The first kappa shape index (κ1) is 20.3. The molecule has 5 atom stereocenters. The SMILES string of the molecule is CC(C)/C1=C/[C@@H]2O[C@]2(C)CCC[C@@H](CO)C(=O)CC[C@@H](C)[C@H](O)C1=O. The molecular formula is C20H32O5. The molecule has 0 aromatic carbocycles. The van der Waals surface area contributed by atoms with Gasteiger partial charge >= 0.3 is 0 Å². The normalized spacial score (nSPS) is 40.2. The van der Waals surface area contributed by atoms with Gasteiger partial charge < -0.3 is 14.9 Å². The maximum atomic E-state index is 12.7. The standard InChI is InChI=1S/C20H32O5/c1-12(2)15-10-17-20(4,25-17)9-5-6-14(11-21)16(22)8-7-13(3)18(23)19(15)24/h10,12-14,17-18,21,23H,5-9,11H2,1-4H3/b15-10-/t13-,14+,17+,18+,20-/m1/s1. The number of ketones is 2.